The van der Waals surface area contributed by atoms with Crippen molar-refractivity contribution in [2.24, 2.45) is 0 Å². The third-order valence-electron chi connectivity index (χ3n) is 3.35. The number of benzene rings is 3. The van der Waals surface area contributed by atoms with Crippen molar-refractivity contribution < 1.29 is 4.21 Å². The SMILES string of the molecule is Nc1ccc(CS(=O)c2ccc3ccccc3c2)c(Br)c1. The Morgan fingerprint density at radius 1 is 0.952 bits per heavy atom. The number of halogens is 1. The number of nitrogen functional groups attached to an aromatic ring is 1. The standard InChI is InChI=1S/C17H14BrNOS/c18-17-10-15(19)7-5-14(17)11-21(20)16-8-6-12-3-1-2-4-13(12)9-16/h1-10H,11,19H2. The summed E-state index contributed by atoms with van der Waals surface area (Å²) in [5.41, 5.74) is 7.42. The molecule has 2 N–H and O–H groups in total. The van der Waals surface area contributed by atoms with E-state index in [0.29, 0.717) is 11.4 Å². The minimum absolute atomic E-state index is 0.471. The molecule has 0 aliphatic heterocycles. The quantitative estimate of drug-likeness (QED) is 0.700. The predicted molar refractivity (Wildman–Crippen MR) is 92.6 cm³/mol. The summed E-state index contributed by atoms with van der Waals surface area (Å²) in [7, 11) is -1.08. The molecule has 106 valence electrons. The molecule has 3 aromatic rings. The van der Waals surface area contributed by atoms with Crippen molar-refractivity contribution in [3.8, 4) is 0 Å². The van der Waals surface area contributed by atoms with Gasteiger partial charge in [-0.25, -0.2) is 0 Å². The summed E-state index contributed by atoms with van der Waals surface area (Å²) in [5, 5.41) is 2.27. The summed E-state index contributed by atoms with van der Waals surface area (Å²) in [5.74, 6) is 0.471. The zero-order valence-corrected chi connectivity index (χ0v) is 13.7. The van der Waals surface area contributed by atoms with Gasteiger partial charge in [-0.05, 0) is 40.6 Å². The molecule has 1 unspecified atom stereocenters. The van der Waals surface area contributed by atoms with E-state index < -0.39 is 10.8 Å². The van der Waals surface area contributed by atoms with Crippen molar-refractivity contribution in [2.75, 3.05) is 5.73 Å². The van der Waals surface area contributed by atoms with Gasteiger partial charge in [-0.1, -0.05) is 52.3 Å². The fraction of sp³-hybridized carbons (Fsp3) is 0.0588. The van der Waals surface area contributed by atoms with Crippen molar-refractivity contribution in [2.45, 2.75) is 10.6 Å². The number of rotatable bonds is 3. The molecule has 0 aliphatic rings. The zero-order valence-electron chi connectivity index (χ0n) is 11.3. The smallest absolute Gasteiger partial charge is 0.0574 e. The van der Waals surface area contributed by atoms with Gasteiger partial charge in [0.1, 0.15) is 0 Å². The molecule has 3 rings (SSSR count). The molecule has 0 aromatic heterocycles. The molecule has 0 saturated heterocycles. The van der Waals surface area contributed by atoms with Crippen LogP contribution in [-0.2, 0) is 16.6 Å². The molecule has 21 heavy (non-hydrogen) atoms. The fourth-order valence-corrected chi connectivity index (χ4v) is 4.12. The normalized spacial score (nSPS) is 12.4. The van der Waals surface area contributed by atoms with Crippen molar-refractivity contribution in [1.82, 2.24) is 0 Å². The second-order valence-corrected chi connectivity index (χ2v) is 7.16. The predicted octanol–water partition coefficient (Wildman–Crippen LogP) is 4.49. The summed E-state index contributed by atoms with van der Waals surface area (Å²) in [6.45, 7) is 0. The molecule has 0 heterocycles. The highest BCUT2D eigenvalue weighted by Crippen LogP contribution is 2.24. The van der Waals surface area contributed by atoms with Crippen LogP contribution in [0.4, 0.5) is 5.69 Å². The molecule has 0 amide bonds. The van der Waals surface area contributed by atoms with Gasteiger partial charge in [0.25, 0.3) is 0 Å². The zero-order chi connectivity index (χ0) is 14.8. The third-order valence-corrected chi connectivity index (χ3v) is 5.44. The average molecular weight is 360 g/mol. The monoisotopic (exact) mass is 359 g/mol. The summed E-state index contributed by atoms with van der Waals surface area (Å²) in [4.78, 5) is 0.845. The van der Waals surface area contributed by atoms with E-state index in [1.165, 1.54) is 0 Å². The number of anilines is 1. The van der Waals surface area contributed by atoms with Gasteiger partial charge in [0, 0.05) is 15.1 Å². The van der Waals surface area contributed by atoms with E-state index in [-0.39, 0.29) is 0 Å². The Morgan fingerprint density at radius 3 is 2.48 bits per heavy atom. The Labute approximate surface area is 134 Å². The first-order valence-electron chi connectivity index (χ1n) is 6.54. The highest BCUT2D eigenvalue weighted by molar-refractivity contribution is 9.10. The Morgan fingerprint density at radius 2 is 1.71 bits per heavy atom. The molecule has 3 aromatic carbocycles. The van der Waals surface area contributed by atoms with Gasteiger partial charge in [-0.2, -0.15) is 0 Å². The largest absolute Gasteiger partial charge is 0.399 e. The molecule has 0 spiro atoms. The van der Waals surface area contributed by atoms with E-state index in [2.05, 4.69) is 22.0 Å². The van der Waals surface area contributed by atoms with Crippen LogP contribution in [0, 0.1) is 0 Å². The van der Waals surface area contributed by atoms with E-state index in [9.17, 15) is 4.21 Å². The van der Waals surface area contributed by atoms with Gasteiger partial charge in [0.05, 0.1) is 16.6 Å². The highest BCUT2D eigenvalue weighted by atomic mass is 79.9. The maximum Gasteiger partial charge on any atom is 0.0574 e. The minimum atomic E-state index is -1.08. The third kappa shape index (κ3) is 3.17. The topological polar surface area (TPSA) is 43.1 Å². The summed E-state index contributed by atoms with van der Waals surface area (Å²) in [6.07, 6.45) is 0. The number of nitrogens with two attached hydrogens (primary N) is 1. The molecule has 4 heteroatoms. The van der Waals surface area contributed by atoms with Gasteiger partial charge >= 0.3 is 0 Å². The van der Waals surface area contributed by atoms with Crippen LogP contribution >= 0.6 is 15.9 Å². The maximum atomic E-state index is 12.6. The molecule has 0 radical (unpaired) electrons. The number of hydrogen-bond donors (Lipinski definition) is 1. The molecular weight excluding hydrogens is 346 g/mol. The van der Waals surface area contributed by atoms with Crippen LogP contribution in [0.3, 0.4) is 0 Å². The lowest BCUT2D eigenvalue weighted by molar-refractivity contribution is 0.682. The van der Waals surface area contributed by atoms with Gasteiger partial charge in [-0.3, -0.25) is 4.21 Å². The Hall–Kier alpha value is -1.65. The molecule has 1 atom stereocenters. The first-order chi connectivity index (χ1) is 10.1. The van der Waals surface area contributed by atoms with Crippen molar-refractivity contribution in [3.05, 3.63) is 70.7 Å². The van der Waals surface area contributed by atoms with E-state index in [1.807, 2.05) is 54.6 Å². The lowest BCUT2D eigenvalue weighted by Crippen LogP contribution is -1.98. The lowest BCUT2D eigenvalue weighted by Gasteiger charge is -2.07. The Kier molecular flexibility index (Phi) is 4.08. The van der Waals surface area contributed by atoms with E-state index in [4.69, 9.17) is 5.73 Å². The maximum absolute atomic E-state index is 12.6. The van der Waals surface area contributed by atoms with E-state index in [1.54, 1.807) is 0 Å². The molecule has 0 fully saturated rings. The number of hydrogen-bond acceptors (Lipinski definition) is 2. The van der Waals surface area contributed by atoms with Gasteiger partial charge in [0.15, 0.2) is 0 Å². The average Bonchev–Trinajstić information content (AvgIpc) is 2.49. The highest BCUT2D eigenvalue weighted by Gasteiger charge is 2.09. The van der Waals surface area contributed by atoms with Crippen LogP contribution in [0.1, 0.15) is 5.56 Å². The first-order valence-corrected chi connectivity index (χ1v) is 8.66. The molecule has 0 saturated carbocycles. The lowest BCUT2D eigenvalue weighted by atomic mass is 10.1. The van der Waals surface area contributed by atoms with E-state index in [0.717, 1.165) is 25.7 Å². The Bertz CT molecular complexity index is 832. The number of fused-ring (bicyclic) bond motifs is 1. The van der Waals surface area contributed by atoms with Crippen LogP contribution in [0.25, 0.3) is 10.8 Å². The minimum Gasteiger partial charge on any atom is -0.399 e. The van der Waals surface area contributed by atoms with Gasteiger partial charge in [-0.15, -0.1) is 0 Å². The van der Waals surface area contributed by atoms with E-state index >= 15 is 0 Å². The van der Waals surface area contributed by atoms with Crippen molar-refractivity contribution >= 4 is 43.2 Å². The molecule has 0 aliphatic carbocycles. The van der Waals surface area contributed by atoms with Gasteiger partial charge < -0.3 is 5.73 Å². The molecule has 2 nitrogen and oxygen atoms in total. The van der Waals surface area contributed by atoms with Gasteiger partial charge in [0.2, 0.25) is 0 Å². The second-order valence-electron chi connectivity index (χ2n) is 4.85. The van der Waals surface area contributed by atoms with Crippen LogP contribution in [0.2, 0.25) is 0 Å². The fourth-order valence-electron chi connectivity index (χ4n) is 2.21. The Balaban J connectivity index is 1.89. The van der Waals surface area contributed by atoms with Crippen molar-refractivity contribution in [3.63, 3.8) is 0 Å². The van der Waals surface area contributed by atoms with Crippen LogP contribution in [0.5, 0.6) is 0 Å². The summed E-state index contributed by atoms with van der Waals surface area (Å²) in [6, 6.07) is 19.6. The van der Waals surface area contributed by atoms with Crippen molar-refractivity contribution in [1.29, 1.82) is 0 Å². The summed E-state index contributed by atoms with van der Waals surface area (Å²) >= 11 is 3.47. The van der Waals surface area contributed by atoms with Crippen LogP contribution in [-0.4, -0.2) is 4.21 Å². The molecule has 0 bridgehead atoms. The first kappa shape index (κ1) is 14.3. The second kappa shape index (κ2) is 6.00. The van der Waals surface area contributed by atoms with Crippen LogP contribution in [0.15, 0.2) is 70.0 Å². The molecular formula is C17H14BrNOS. The summed E-state index contributed by atoms with van der Waals surface area (Å²) < 4.78 is 13.5. The van der Waals surface area contributed by atoms with Crippen LogP contribution < -0.4 is 5.73 Å².